The van der Waals surface area contributed by atoms with Gasteiger partial charge in [0.25, 0.3) is 5.91 Å². The number of halogens is 1. The van der Waals surface area contributed by atoms with Gasteiger partial charge in [0.1, 0.15) is 5.69 Å². The number of ether oxygens (including phenoxy) is 2. The third-order valence-electron chi connectivity index (χ3n) is 3.21. The lowest BCUT2D eigenvalue weighted by Crippen LogP contribution is -2.23. The Balaban J connectivity index is 1.72. The number of carbonyl (C=O) groups is 1. The molecule has 1 N–H and O–H groups in total. The van der Waals surface area contributed by atoms with E-state index in [1.54, 1.807) is 30.5 Å². The van der Waals surface area contributed by atoms with E-state index in [4.69, 9.17) is 21.1 Å². The fraction of sp³-hybridized carbons (Fsp3) is 0.250. The summed E-state index contributed by atoms with van der Waals surface area (Å²) in [6.45, 7) is 1.52. The number of rotatable bonds is 3. The molecule has 114 valence electrons. The second kappa shape index (κ2) is 6.66. The molecule has 1 aromatic carbocycles. The molecular weight excluding hydrogens is 304 g/mol. The van der Waals surface area contributed by atoms with Crippen LogP contribution in [0.2, 0.25) is 5.02 Å². The number of hydrogen-bond acceptors (Lipinski definition) is 4. The number of carbonyl (C=O) groups excluding carboxylic acids is 1. The van der Waals surface area contributed by atoms with Crippen molar-refractivity contribution in [2.45, 2.75) is 13.0 Å². The number of amides is 1. The molecule has 5 nitrogen and oxygen atoms in total. The van der Waals surface area contributed by atoms with Crippen molar-refractivity contribution < 1.29 is 14.3 Å². The molecule has 6 heteroatoms. The van der Waals surface area contributed by atoms with Crippen LogP contribution in [0.3, 0.4) is 0 Å². The van der Waals surface area contributed by atoms with E-state index < -0.39 is 0 Å². The first-order valence-corrected chi connectivity index (χ1v) is 7.39. The molecule has 0 atom stereocenters. The Labute approximate surface area is 133 Å². The molecular formula is C16H15ClN2O3. The van der Waals surface area contributed by atoms with Crippen molar-refractivity contribution in [2.24, 2.45) is 0 Å². The zero-order valence-electron chi connectivity index (χ0n) is 11.8. The first-order chi connectivity index (χ1) is 10.7. The standard InChI is InChI=1S/C16H15ClN2O3/c17-12-8-11(9-14-15(12)22-7-3-6-21-14)10-19-16(20)13-4-1-2-5-18-13/h1-2,4-5,8-9H,3,6-7,10H2,(H,19,20). The number of pyridine rings is 1. The Hall–Kier alpha value is -2.27. The molecule has 0 radical (unpaired) electrons. The molecule has 0 spiro atoms. The van der Waals surface area contributed by atoms with Crippen LogP contribution in [0.25, 0.3) is 0 Å². The summed E-state index contributed by atoms with van der Waals surface area (Å²) in [5.74, 6) is 0.954. The molecule has 2 aromatic rings. The van der Waals surface area contributed by atoms with Crippen LogP contribution < -0.4 is 14.8 Å². The van der Waals surface area contributed by atoms with Crippen molar-refractivity contribution in [3.8, 4) is 11.5 Å². The van der Waals surface area contributed by atoms with Gasteiger partial charge in [-0.05, 0) is 29.8 Å². The van der Waals surface area contributed by atoms with Crippen molar-refractivity contribution in [2.75, 3.05) is 13.2 Å². The van der Waals surface area contributed by atoms with Crippen LogP contribution in [0.1, 0.15) is 22.5 Å². The summed E-state index contributed by atoms with van der Waals surface area (Å²) in [4.78, 5) is 16.0. The predicted octanol–water partition coefficient (Wildman–Crippen LogP) is 2.83. The minimum absolute atomic E-state index is 0.233. The van der Waals surface area contributed by atoms with Gasteiger partial charge in [-0.3, -0.25) is 9.78 Å². The summed E-state index contributed by atoms with van der Waals surface area (Å²) < 4.78 is 11.2. The summed E-state index contributed by atoms with van der Waals surface area (Å²) in [6.07, 6.45) is 2.40. The molecule has 0 bridgehead atoms. The second-order valence-electron chi connectivity index (χ2n) is 4.85. The van der Waals surface area contributed by atoms with Crippen LogP contribution in [0.15, 0.2) is 36.5 Å². The Morgan fingerprint density at radius 3 is 2.95 bits per heavy atom. The summed E-state index contributed by atoms with van der Waals surface area (Å²) in [5, 5.41) is 3.30. The lowest BCUT2D eigenvalue weighted by Gasteiger charge is -2.12. The number of hydrogen-bond donors (Lipinski definition) is 1. The SMILES string of the molecule is O=C(NCc1cc(Cl)c2c(c1)OCCCO2)c1ccccn1. The van der Waals surface area contributed by atoms with Gasteiger partial charge >= 0.3 is 0 Å². The normalized spacial score (nSPS) is 13.3. The summed E-state index contributed by atoms with van der Waals surface area (Å²) in [5.41, 5.74) is 1.22. The molecule has 0 saturated heterocycles. The number of benzene rings is 1. The molecule has 1 aromatic heterocycles. The van der Waals surface area contributed by atoms with Crippen LogP contribution in [0.4, 0.5) is 0 Å². The summed E-state index contributed by atoms with van der Waals surface area (Å²) in [6, 6.07) is 8.81. The van der Waals surface area contributed by atoms with Crippen molar-refractivity contribution in [3.63, 3.8) is 0 Å². The highest BCUT2D eigenvalue weighted by molar-refractivity contribution is 6.32. The number of fused-ring (bicyclic) bond motifs is 1. The lowest BCUT2D eigenvalue weighted by atomic mass is 10.2. The molecule has 0 fully saturated rings. The topological polar surface area (TPSA) is 60.5 Å². The fourth-order valence-corrected chi connectivity index (χ4v) is 2.44. The van der Waals surface area contributed by atoms with Crippen LogP contribution in [0.5, 0.6) is 11.5 Å². The van der Waals surface area contributed by atoms with E-state index in [-0.39, 0.29) is 5.91 Å². The third kappa shape index (κ3) is 3.31. The molecule has 2 heterocycles. The van der Waals surface area contributed by atoms with Crippen LogP contribution in [0, 0.1) is 0 Å². The molecule has 0 unspecified atom stereocenters. The van der Waals surface area contributed by atoms with Gasteiger partial charge in [-0.15, -0.1) is 0 Å². The molecule has 1 aliphatic heterocycles. The first-order valence-electron chi connectivity index (χ1n) is 7.01. The van der Waals surface area contributed by atoms with E-state index in [9.17, 15) is 4.79 Å². The summed E-state index contributed by atoms with van der Waals surface area (Å²) in [7, 11) is 0. The highest BCUT2D eigenvalue weighted by Crippen LogP contribution is 2.37. The van der Waals surface area contributed by atoms with Gasteiger partial charge in [-0.2, -0.15) is 0 Å². The smallest absolute Gasteiger partial charge is 0.270 e. The minimum atomic E-state index is -0.233. The Bertz CT molecular complexity index is 677. The molecule has 22 heavy (non-hydrogen) atoms. The second-order valence-corrected chi connectivity index (χ2v) is 5.26. The van der Waals surface area contributed by atoms with Gasteiger partial charge in [-0.1, -0.05) is 17.7 Å². The first kappa shape index (κ1) is 14.7. The molecule has 3 rings (SSSR count). The van der Waals surface area contributed by atoms with E-state index in [2.05, 4.69) is 10.3 Å². The van der Waals surface area contributed by atoms with E-state index in [1.165, 1.54) is 0 Å². The zero-order valence-corrected chi connectivity index (χ0v) is 12.6. The van der Waals surface area contributed by atoms with Crippen LogP contribution >= 0.6 is 11.6 Å². The van der Waals surface area contributed by atoms with Crippen molar-refractivity contribution in [1.29, 1.82) is 0 Å². The monoisotopic (exact) mass is 318 g/mol. The van der Waals surface area contributed by atoms with Crippen molar-refractivity contribution in [3.05, 3.63) is 52.8 Å². The van der Waals surface area contributed by atoms with Gasteiger partial charge in [0, 0.05) is 19.2 Å². The van der Waals surface area contributed by atoms with Gasteiger partial charge in [0.2, 0.25) is 0 Å². The third-order valence-corrected chi connectivity index (χ3v) is 3.49. The molecule has 0 aliphatic carbocycles. The van der Waals surface area contributed by atoms with Gasteiger partial charge in [-0.25, -0.2) is 0 Å². The average Bonchev–Trinajstić information content (AvgIpc) is 2.79. The van der Waals surface area contributed by atoms with E-state index >= 15 is 0 Å². The number of nitrogens with one attached hydrogen (secondary N) is 1. The fourth-order valence-electron chi connectivity index (χ4n) is 2.16. The minimum Gasteiger partial charge on any atom is -0.489 e. The van der Waals surface area contributed by atoms with Crippen molar-refractivity contribution >= 4 is 17.5 Å². The highest BCUT2D eigenvalue weighted by atomic mass is 35.5. The summed E-state index contributed by atoms with van der Waals surface area (Å²) >= 11 is 6.22. The highest BCUT2D eigenvalue weighted by Gasteiger charge is 2.16. The number of nitrogens with zero attached hydrogens (tertiary/aromatic N) is 1. The van der Waals surface area contributed by atoms with Crippen LogP contribution in [-0.2, 0) is 6.54 Å². The average molecular weight is 319 g/mol. The van der Waals surface area contributed by atoms with Crippen LogP contribution in [-0.4, -0.2) is 24.1 Å². The maximum Gasteiger partial charge on any atom is 0.270 e. The Morgan fingerprint density at radius 2 is 2.14 bits per heavy atom. The Morgan fingerprint density at radius 1 is 1.27 bits per heavy atom. The van der Waals surface area contributed by atoms with Gasteiger partial charge < -0.3 is 14.8 Å². The van der Waals surface area contributed by atoms with E-state index in [0.717, 1.165) is 12.0 Å². The molecule has 0 saturated carbocycles. The predicted molar refractivity (Wildman–Crippen MR) is 82.5 cm³/mol. The van der Waals surface area contributed by atoms with Gasteiger partial charge in [0.05, 0.1) is 18.2 Å². The largest absolute Gasteiger partial charge is 0.489 e. The maximum absolute atomic E-state index is 12.0. The number of aromatic nitrogens is 1. The zero-order chi connectivity index (χ0) is 15.4. The molecule has 1 amide bonds. The quantitative estimate of drug-likeness (QED) is 0.945. The maximum atomic E-state index is 12.0. The van der Waals surface area contributed by atoms with E-state index in [1.807, 2.05) is 6.07 Å². The van der Waals surface area contributed by atoms with E-state index in [0.29, 0.717) is 42.0 Å². The Kier molecular flexibility index (Phi) is 4.44. The van der Waals surface area contributed by atoms with Crippen molar-refractivity contribution in [1.82, 2.24) is 10.3 Å². The van der Waals surface area contributed by atoms with Gasteiger partial charge in [0.15, 0.2) is 11.5 Å². The molecule has 1 aliphatic rings. The lowest BCUT2D eigenvalue weighted by molar-refractivity contribution is 0.0946.